The van der Waals surface area contributed by atoms with E-state index in [1.807, 2.05) is 19.9 Å². The van der Waals surface area contributed by atoms with Gasteiger partial charge in [-0.15, -0.1) is 11.6 Å². The van der Waals surface area contributed by atoms with Gasteiger partial charge in [-0.25, -0.2) is 0 Å². The number of carbonyl (C=O) groups excluding carboxylic acids is 3. The maximum atomic E-state index is 13.9. The second-order valence-electron chi connectivity index (χ2n) is 11.7. The van der Waals surface area contributed by atoms with E-state index in [0.29, 0.717) is 6.42 Å². The lowest BCUT2D eigenvalue weighted by Gasteiger charge is -2.63. The van der Waals surface area contributed by atoms with Crippen molar-refractivity contribution in [1.82, 2.24) is 0 Å². The fourth-order valence-corrected chi connectivity index (χ4v) is 8.76. The van der Waals surface area contributed by atoms with Gasteiger partial charge in [-0.3, -0.25) is 14.4 Å². The van der Waals surface area contributed by atoms with E-state index in [1.54, 1.807) is 13.8 Å². The Hall–Kier alpha value is -2.28. The molecular weight excluding hydrogens is 494 g/mol. The van der Waals surface area contributed by atoms with Crippen molar-refractivity contribution in [2.75, 3.05) is 6.61 Å². The van der Waals surface area contributed by atoms with E-state index in [-0.39, 0.29) is 37.0 Å². The van der Waals surface area contributed by atoms with Crippen LogP contribution in [0.2, 0.25) is 0 Å². The van der Waals surface area contributed by atoms with Crippen LogP contribution in [0.15, 0.2) is 41.1 Å². The Morgan fingerprint density at radius 3 is 2.46 bits per heavy atom. The van der Waals surface area contributed by atoms with Crippen LogP contribution in [0.1, 0.15) is 73.1 Å². The number of halogens is 1. The zero-order valence-electron chi connectivity index (χ0n) is 22.5. The molecule has 0 N–H and O–H groups in total. The molecule has 8 heteroatoms. The summed E-state index contributed by atoms with van der Waals surface area (Å²) in [5.41, 5.74) is -1.02. The Labute approximate surface area is 224 Å². The Balaban J connectivity index is 1.84. The molecule has 0 aromatic carbocycles. The zero-order valence-corrected chi connectivity index (χ0v) is 23.2. The van der Waals surface area contributed by atoms with Gasteiger partial charge in [-0.05, 0) is 43.1 Å². The van der Waals surface area contributed by atoms with Crippen molar-refractivity contribution in [3.05, 3.63) is 40.9 Å². The lowest BCUT2D eigenvalue weighted by atomic mass is 9.45. The van der Waals surface area contributed by atoms with Gasteiger partial charge in [0.1, 0.15) is 6.04 Å². The summed E-state index contributed by atoms with van der Waals surface area (Å²) in [6, 6.07) is -0.832. The summed E-state index contributed by atoms with van der Waals surface area (Å²) in [4.78, 5) is 50.2. The molecule has 3 fully saturated rings. The predicted molar refractivity (Wildman–Crippen MR) is 141 cm³/mol. The average Bonchev–Trinajstić information content (AvgIpc) is 3.09. The summed E-state index contributed by atoms with van der Waals surface area (Å²) < 4.78 is 11.3. The minimum atomic E-state index is -1.55. The molecule has 7 nitrogen and oxygen atoms in total. The Kier molecular flexibility index (Phi) is 7.11. The first-order chi connectivity index (χ1) is 17.3. The van der Waals surface area contributed by atoms with E-state index >= 15 is 0 Å². The van der Waals surface area contributed by atoms with E-state index in [9.17, 15) is 19.3 Å². The van der Waals surface area contributed by atoms with E-state index < -0.39 is 51.7 Å². The second-order valence-corrected chi connectivity index (χ2v) is 12.3. The first kappa shape index (κ1) is 27.7. The largest absolute Gasteiger partial charge is 0.457 e. The molecule has 0 aromatic rings. The number of allylic oxidation sites excluding steroid dienone is 5. The lowest BCUT2D eigenvalue weighted by Crippen LogP contribution is -2.69. The topological polar surface area (TPSA) is 99.1 Å². The Morgan fingerprint density at radius 2 is 1.84 bits per heavy atom. The van der Waals surface area contributed by atoms with Crippen LogP contribution < -0.4 is 0 Å². The van der Waals surface area contributed by atoms with Gasteiger partial charge in [0.15, 0.2) is 12.2 Å². The van der Waals surface area contributed by atoms with E-state index in [2.05, 4.69) is 30.8 Å². The highest BCUT2D eigenvalue weighted by Crippen LogP contribution is 2.72. The van der Waals surface area contributed by atoms with Crippen molar-refractivity contribution in [3.8, 4) is 0 Å². The molecule has 0 heterocycles. The molecule has 4 aliphatic carbocycles. The van der Waals surface area contributed by atoms with Crippen LogP contribution in [-0.2, 0) is 23.9 Å². The normalized spacial score (nSPS) is 42.1. The summed E-state index contributed by atoms with van der Waals surface area (Å²) in [6.07, 6.45) is 8.59. The summed E-state index contributed by atoms with van der Waals surface area (Å²) >= 11 is 7.63. The zero-order chi connectivity index (χ0) is 27.4. The number of esters is 2. The number of ether oxygens (including phenoxy) is 2. The first-order valence-corrected chi connectivity index (χ1v) is 13.7. The van der Waals surface area contributed by atoms with Crippen LogP contribution in [0.25, 0.3) is 0 Å². The molecular formula is C29H38ClNO6. The van der Waals surface area contributed by atoms with Crippen LogP contribution in [0.3, 0.4) is 0 Å². The smallest absolute Gasteiger partial charge is 0.306 e. The highest BCUT2D eigenvalue weighted by atomic mass is 35.5. The third-order valence-electron chi connectivity index (χ3n) is 10.0. The number of ketones is 1. The fourth-order valence-electron chi connectivity index (χ4n) is 8.20. The SMILES string of the molecule is C=C1C=C[C@@]2(C)C(=C1)CC[C@H]1[C@@H]3C[C@H](C)[C@](OC(=O)CC)(C(=O)COC(=O)CC)[C@@]3(C)C[C@H](N=O)[C@@]12Cl. The van der Waals surface area contributed by atoms with Crippen molar-refractivity contribution in [1.29, 1.82) is 0 Å². The molecule has 0 saturated heterocycles. The number of carbonyl (C=O) groups is 3. The lowest BCUT2D eigenvalue weighted by molar-refractivity contribution is -0.197. The fraction of sp³-hybridized carbons (Fsp3) is 0.690. The van der Waals surface area contributed by atoms with Crippen LogP contribution >= 0.6 is 11.6 Å². The average molecular weight is 532 g/mol. The van der Waals surface area contributed by atoms with E-state index in [1.165, 1.54) is 0 Å². The number of hydrogen-bond acceptors (Lipinski definition) is 7. The number of fused-ring (bicyclic) bond motifs is 5. The summed E-state index contributed by atoms with van der Waals surface area (Å²) in [5.74, 6) is -2.06. The van der Waals surface area contributed by atoms with Gasteiger partial charge in [0.25, 0.3) is 0 Å². The molecule has 0 bridgehead atoms. The highest BCUT2D eigenvalue weighted by Gasteiger charge is 2.76. The molecule has 8 atom stereocenters. The molecule has 0 aromatic heterocycles. The van der Waals surface area contributed by atoms with Gasteiger partial charge < -0.3 is 9.47 Å². The number of alkyl halides is 1. The van der Waals surface area contributed by atoms with Crippen molar-refractivity contribution < 1.29 is 23.9 Å². The molecule has 4 aliphatic rings. The van der Waals surface area contributed by atoms with Crippen molar-refractivity contribution in [2.45, 2.75) is 89.7 Å². The Morgan fingerprint density at radius 1 is 1.16 bits per heavy atom. The number of nitroso groups, excluding NO2 is 1. The summed E-state index contributed by atoms with van der Waals surface area (Å²) in [7, 11) is 0. The number of rotatable bonds is 7. The standard InChI is InChI=1S/C29H38ClNO6/c1-7-24(33)36-16-23(32)29(37-25(34)8-2)18(4)14-21-20-10-9-19-13-17(3)11-12-26(19,5)28(20,30)22(31-35)15-27(21,29)6/h11-13,18,20-22H,3,7-10,14-16H2,1-2,4-6H3/t18-,20-,21-,22-,26-,27-,28-,29-/m0/s1. The van der Waals surface area contributed by atoms with Crippen LogP contribution in [-0.4, -0.2) is 40.8 Å². The van der Waals surface area contributed by atoms with Gasteiger partial charge >= 0.3 is 11.9 Å². The molecule has 0 unspecified atom stereocenters. The van der Waals surface area contributed by atoms with Crippen molar-refractivity contribution in [2.24, 2.45) is 33.8 Å². The van der Waals surface area contributed by atoms with Gasteiger partial charge in [0.05, 0.1) is 4.87 Å². The molecule has 4 rings (SSSR count). The van der Waals surface area contributed by atoms with E-state index in [0.717, 1.165) is 24.0 Å². The molecule has 0 radical (unpaired) electrons. The van der Waals surface area contributed by atoms with Crippen LogP contribution in [0, 0.1) is 33.5 Å². The van der Waals surface area contributed by atoms with E-state index in [4.69, 9.17) is 21.1 Å². The number of nitrogens with zero attached hydrogens (tertiary/aromatic N) is 1. The first-order valence-electron chi connectivity index (χ1n) is 13.4. The van der Waals surface area contributed by atoms with Gasteiger partial charge in [0, 0.05) is 29.6 Å². The minimum absolute atomic E-state index is 0.0936. The second kappa shape index (κ2) is 9.48. The molecule has 202 valence electrons. The maximum absolute atomic E-state index is 13.9. The minimum Gasteiger partial charge on any atom is -0.457 e. The van der Waals surface area contributed by atoms with Gasteiger partial charge in [0.2, 0.25) is 5.78 Å². The van der Waals surface area contributed by atoms with Crippen LogP contribution in [0.4, 0.5) is 0 Å². The van der Waals surface area contributed by atoms with Gasteiger partial charge in [-0.2, -0.15) is 4.91 Å². The molecule has 37 heavy (non-hydrogen) atoms. The summed E-state index contributed by atoms with van der Waals surface area (Å²) in [5, 5.41) is 3.60. The van der Waals surface area contributed by atoms with Crippen molar-refractivity contribution >= 4 is 29.3 Å². The predicted octanol–water partition coefficient (Wildman–Crippen LogP) is 5.85. The molecule has 0 amide bonds. The highest BCUT2D eigenvalue weighted by molar-refractivity contribution is 6.26. The molecule has 0 spiro atoms. The third-order valence-corrected chi connectivity index (χ3v) is 11.0. The Bertz CT molecular complexity index is 1100. The summed E-state index contributed by atoms with van der Waals surface area (Å²) in [6.45, 7) is 12.8. The quantitative estimate of drug-likeness (QED) is 0.232. The van der Waals surface area contributed by atoms with Gasteiger partial charge in [-0.1, -0.05) is 70.2 Å². The monoisotopic (exact) mass is 531 g/mol. The number of hydrogen-bond donors (Lipinski definition) is 0. The maximum Gasteiger partial charge on any atom is 0.306 e. The molecule has 3 saturated carbocycles. The van der Waals surface area contributed by atoms with Crippen molar-refractivity contribution in [3.63, 3.8) is 0 Å². The van der Waals surface area contributed by atoms with Crippen LogP contribution in [0.5, 0.6) is 0 Å². The number of Topliss-reactive ketones (excluding diaryl/α,β-unsaturated/α-hetero) is 1. The third kappa shape index (κ3) is 3.70. The molecule has 0 aliphatic heterocycles.